The number of nitrogens with one attached hydrogen (secondary N) is 3. The maximum absolute atomic E-state index is 7.42. The summed E-state index contributed by atoms with van der Waals surface area (Å²) in [5.74, 6) is 0. The van der Waals surface area contributed by atoms with Crippen LogP contribution in [0.25, 0.3) is 0 Å². The summed E-state index contributed by atoms with van der Waals surface area (Å²) in [5, 5.41) is 17.7. The first-order chi connectivity index (χ1) is 18.3. The number of ether oxygens (including phenoxy) is 1. The molecule has 0 atom stereocenters. The molecule has 0 bridgehead atoms. The number of nitrogens with two attached hydrogens (primary N) is 1. The number of aryl methyl sites for hydroxylation is 1. The predicted octanol–water partition coefficient (Wildman–Crippen LogP) is 8.23. The fraction of sp³-hybridized carbons (Fsp3) is 0.562. The molecule has 0 unspecified atom stereocenters. The number of hydrogen-bond acceptors (Lipinski definition) is 6. The average molecular weight is 532 g/mol. The van der Waals surface area contributed by atoms with E-state index in [9.17, 15) is 0 Å². The lowest BCUT2D eigenvalue weighted by molar-refractivity contribution is 0.0398. The second-order valence-corrected chi connectivity index (χ2v) is 7.61. The van der Waals surface area contributed by atoms with E-state index in [1.807, 2.05) is 81.4 Å². The standard InChI is InChI=1S/C14H21N3O.C7H12N2.C5H10.3C2H6/c1-12-2-3-14(13(10-12)11-15)16-4-5-17-6-8-18-9-7-17;1-3-6(5-8)7(9)4-2;1-4-5(2)3;3*1-2/h2-3,10-11,15-16H,4-9H2,1H3;3-5,8H,9H2,1-2H3;4H,1-3H3;3*1-2H3/b;6-3-,7-4+,8-5?;;;;. The van der Waals surface area contributed by atoms with Crippen LogP contribution in [-0.4, -0.2) is 56.7 Å². The molecule has 1 aliphatic heterocycles. The lowest BCUT2D eigenvalue weighted by Crippen LogP contribution is -2.39. The molecule has 0 aliphatic carbocycles. The van der Waals surface area contributed by atoms with Gasteiger partial charge in [-0.3, -0.25) is 4.90 Å². The molecule has 1 heterocycles. The normalized spacial score (nSPS) is 12.4. The minimum absolute atomic E-state index is 0.660. The van der Waals surface area contributed by atoms with Gasteiger partial charge in [0, 0.05) is 61.1 Å². The van der Waals surface area contributed by atoms with Crippen molar-refractivity contribution in [3.8, 4) is 0 Å². The van der Waals surface area contributed by atoms with Crippen LogP contribution in [0, 0.1) is 17.7 Å². The average Bonchev–Trinajstić information content (AvgIpc) is 2.98. The summed E-state index contributed by atoms with van der Waals surface area (Å²) in [6.45, 7) is 29.6. The van der Waals surface area contributed by atoms with Crippen molar-refractivity contribution in [2.75, 3.05) is 44.7 Å². The van der Waals surface area contributed by atoms with Gasteiger partial charge in [0.1, 0.15) is 0 Å². The molecule has 0 aromatic heterocycles. The van der Waals surface area contributed by atoms with Crippen molar-refractivity contribution in [1.82, 2.24) is 4.90 Å². The summed E-state index contributed by atoms with van der Waals surface area (Å²) in [6.07, 6.45) is 8.32. The van der Waals surface area contributed by atoms with Gasteiger partial charge < -0.3 is 26.6 Å². The Hall–Kier alpha value is -2.70. The third kappa shape index (κ3) is 23.7. The number of allylic oxidation sites excluding steroid dienone is 5. The second-order valence-electron chi connectivity index (χ2n) is 7.61. The number of morpholine rings is 1. The van der Waals surface area contributed by atoms with Crippen LogP contribution in [0.3, 0.4) is 0 Å². The number of benzene rings is 1. The Kier molecular flexibility index (Phi) is 36.1. The molecule has 0 amide bonds. The summed E-state index contributed by atoms with van der Waals surface area (Å²) >= 11 is 0. The Morgan fingerprint density at radius 3 is 1.84 bits per heavy atom. The summed E-state index contributed by atoms with van der Waals surface area (Å²) < 4.78 is 5.32. The van der Waals surface area contributed by atoms with Crippen molar-refractivity contribution in [2.45, 2.75) is 83.1 Å². The summed E-state index contributed by atoms with van der Waals surface area (Å²) in [6, 6.07) is 6.16. The largest absolute Gasteiger partial charge is 0.398 e. The zero-order chi connectivity index (χ0) is 30.4. The van der Waals surface area contributed by atoms with E-state index in [0.29, 0.717) is 5.70 Å². The van der Waals surface area contributed by atoms with Crippen LogP contribution in [0.4, 0.5) is 5.69 Å². The van der Waals surface area contributed by atoms with E-state index < -0.39 is 0 Å². The van der Waals surface area contributed by atoms with E-state index in [4.69, 9.17) is 21.3 Å². The fourth-order valence-corrected chi connectivity index (χ4v) is 2.64. The van der Waals surface area contributed by atoms with Crippen LogP contribution >= 0.6 is 0 Å². The molecule has 6 nitrogen and oxygen atoms in total. The van der Waals surface area contributed by atoms with Crippen LogP contribution in [-0.2, 0) is 4.74 Å². The first kappa shape index (κ1) is 42.4. The van der Waals surface area contributed by atoms with Gasteiger partial charge in [-0.15, -0.1) is 0 Å². The van der Waals surface area contributed by atoms with Crippen LogP contribution in [0.2, 0.25) is 0 Å². The summed E-state index contributed by atoms with van der Waals surface area (Å²) in [7, 11) is 0. The maximum atomic E-state index is 7.42. The second kappa shape index (κ2) is 32.3. The quantitative estimate of drug-likeness (QED) is 0.162. The van der Waals surface area contributed by atoms with Gasteiger partial charge in [-0.2, -0.15) is 0 Å². The van der Waals surface area contributed by atoms with E-state index in [1.165, 1.54) is 23.6 Å². The maximum Gasteiger partial charge on any atom is 0.0594 e. The molecule has 0 saturated carbocycles. The number of anilines is 1. The number of hydrogen-bond donors (Lipinski definition) is 4. The van der Waals surface area contributed by atoms with Gasteiger partial charge in [0.15, 0.2) is 0 Å². The minimum atomic E-state index is 0.660. The lowest BCUT2D eigenvalue weighted by Gasteiger charge is -2.26. The number of rotatable bonds is 7. The van der Waals surface area contributed by atoms with Crippen molar-refractivity contribution in [2.24, 2.45) is 5.73 Å². The zero-order valence-electron chi connectivity index (χ0n) is 26.8. The van der Waals surface area contributed by atoms with Crippen molar-refractivity contribution >= 4 is 18.1 Å². The van der Waals surface area contributed by atoms with E-state index >= 15 is 0 Å². The Balaban J connectivity index is -0.000000243. The Labute approximate surface area is 236 Å². The van der Waals surface area contributed by atoms with Gasteiger partial charge in [-0.05, 0) is 53.7 Å². The van der Waals surface area contributed by atoms with Crippen molar-refractivity contribution in [3.05, 3.63) is 64.4 Å². The van der Waals surface area contributed by atoms with Crippen LogP contribution in [0.1, 0.15) is 87.3 Å². The zero-order valence-corrected chi connectivity index (χ0v) is 26.8. The first-order valence-electron chi connectivity index (χ1n) is 14.2. The van der Waals surface area contributed by atoms with Crippen LogP contribution in [0.15, 0.2) is 53.3 Å². The van der Waals surface area contributed by atoms with Gasteiger partial charge >= 0.3 is 0 Å². The molecule has 6 heteroatoms. The number of nitrogens with zero attached hydrogens (tertiary/aromatic N) is 1. The molecule has 1 fully saturated rings. The Morgan fingerprint density at radius 2 is 1.47 bits per heavy atom. The molecular formula is C32H61N5O. The van der Waals surface area contributed by atoms with Gasteiger partial charge in [0.25, 0.3) is 0 Å². The summed E-state index contributed by atoms with van der Waals surface area (Å²) in [4.78, 5) is 2.40. The molecule has 2 rings (SSSR count). The molecule has 1 aromatic rings. The Morgan fingerprint density at radius 1 is 0.947 bits per heavy atom. The van der Waals surface area contributed by atoms with Crippen LogP contribution in [0.5, 0.6) is 0 Å². The highest BCUT2D eigenvalue weighted by Gasteiger charge is 2.09. The van der Waals surface area contributed by atoms with Crippen molar-refractivity contribution < 1.29 is 4.74 Å². The van der Waals surface area contributed by atoms with Gasteiger partial charge in [-0.1, -0.05) is 77.0 Å². The topological polar surface area (TPSA) is 98.2 Å². The van der Waals surface area contributed by atoms with E-state index in [-0.39, 0.29) is 0 Å². The first-order valence-corrected chi connectivity index (χ1v) is 14.2. The predicted molar refractivity (Wildman–Crippen MR) is 174 cm³/mol. The molecule has 5 N–H and O–H groups in total. The van der Waals surface area contributed by atoms with Gasteiger partial charge in [0.05, 0.1) is 13.2 Å². The molecule has 1 saturated heterocycles. The molecule has 1 aliphatic rings. The molecule has 1 aromatic carbocycles. The summed E-state index contributed by atoms with van der Waals surface area (Å²) in [5.41, 5.74) is 11.5. The molecule has 0 spiro atoms. The monoisotopic (exact) mass is 531 g/mol. The third-order valence-corrected chi connectivity index (χ3v) is 4.90. The Bertz CT molecular complexity index is 772. The van der Waals surface area contributed by atoms with Gasteiger partial charge in [0.2, 0.25) is 0 Å². The van der Waals surface area contributed by atoms with E-state index in [1.54, 1.807) is 6.08 Å². The molecule has 38 heavy (non-hydrogen) atoms. The highest BCUT2D eigenvalue weighted by molar-refractivity contribution is 5.86. The molecule has 220 valence electrons. The molecule has 0 radical (unpaired) electrons. The van der Waals surface area contributed by atoms with E-state index in [0.717, 1.165) is 56.2 Å². The smallest absolute Gasteiger partial charge is 0.0594 e. The third-order valence-electron chi connectivity index (χ3n) is 4.90. The van der Waals surface area contributed by atoms with Gasteiger partial charge in [-0.25, -0.2) is 0 Å². The molecular weight excluding hydrogens is 470 g/mol. The fourth-order valence-electron chi connectivity index (χ4n) is 2.64. The highest BCUT2D eigenvalue weighted by atomic mass is 16.5. The lowest BCUT2D eigenvalue weighted by atomic mass is 10.1. The van der Waals surface area contributed by atoms with Crippen LogP contribution < -0.4 is 11.1 Å². The minimum Gasteiger partial charge on any atom is -0.398 e. The highest BCUT2D eigenvalue weighted by Crippen LogP contribution is 2.15. The SMILES string of the molecule is C/C=C(N)\C(C=N)=C/C.CC.CC.CC.CC=C(C)C.Cc1ccc(NCCN2CCOCC2)c(C=N)c1. The van der Waals surface area contributed by atoms with E-state index in [2.05, 4.69) is 42.3 Å². The van der Waals surface area contributed by atoms with Crippen molar-refractivity contribution in [1.29, 1.82) is 10.8 Å². The van der Waals surface area contributed by atoms with Crippen molar-refractivity contribution in [3.63, 3.8) is 0 Å².